The predicted molar refractivity (Wildman–Crippen MR) is 68.8 cm³/mol. The molecule has 0 aromatic rings. The SMILES string of the molecule is CC[C@@H](NC(=O)CCN1C(=O)NC(C)(C)C1=O)C(=O)O. The highest BCUT2D eigenvalue weighted by molar-refractivity contribution is 6.06. The van der Waals surface area contributed by atoms with Crippen molar-refractivity contribution in [3.63, 3.8) is 0 Å². The van der Waals surface area contributed by atoms with E-state index in [1.807, 2.05) is 0 Å². The van der Waals surface area contributed by atoms with Crippen LogP contribution in [0.1, 0.15) is 33.6 Å². The first kappa shape index (κ1) is 15.9. The second-order valence-corrected chi connectivity index (χ2v) is 5.13. The molecule has 1 saturated heterocycles. The van der Waals surface area contributed by atoms with E-state index in [2.05, 4.69) is 10.6 Å². The Morgan fingerprint density at radius 3 is 2.40 bits per heavy atom. The largest absolute Gasteiger partial charge is 0.480 e. The summed E-state index contributed by atoms with van der Waals surface area (Å²) in [7, 11) is 0. The third kappa shape index (κ3) is 3.46. The fraction of sp³-hybridized carbons (Fsp3) is 0.667. The van der Waals surface area contributed by atoms with Crippen LogP contribution >= 0.6 is 0 Å². The number of carbonyl (C=O) groups excluding carboxylic acids is 3. The quantitative estimate of drug-likeness (QED) is 0.579. The highest BCUT2D eigenvalue weighted by atomic mass is 16.4. The van der Waals surface area contributed by atoms with Crippen molar-refractivity contribution in [1.29, 1.82) is 0 Å². The van der Waals surface area contributed by atoms with Crippen molar-refractivity contribution in [2.75, 3.05) is 6.54 Å². The van der Waals surface area contributed by atoms with E-state index in [9.17, 15) is 19.2 Å². The van der Waals surface area contributed by atoms with Crippen LogP contribution in [0.4, 0.5) is 4.79 Å². The zero-order valence-electron chi connectivity index (χ0n) is 11.7. The number of hydrogen-bond acceptors (Lipinski definition) is 4. The molecule has 0 spiro atoms. The van der Waals surface area contributed by atoms with Crippen molar-refractivity contribution in [3.05, 3.63) is 0 Å². The van der Waals surface area contributed by atoms with Gasteiger partial charge < -0.3 is 15.7 Å². The molecule has 1 atom stereocenters. The average molecular weight is 285 g/mol. The highest BCUT2D eigenvalue weighted by Gasteiger charge is 2.44. The van der Waals surface area contributed by atoms with Gasteiger partial charge in [-0.3, -0.25) is 14.5 Å². The molecule has 4 amide bonds. The molecule has 1 fully saturated rings. The van der Waals surface area contributed by atoms with Crippen LogP contribution in [-0.4, -0.2) is 51.9 Å². The monoisotopic (exact) mass is 285 g/mol. The van der Waals surface area contributed by atoms with Crippen LogP contribution in [0.2, 0.25) is 0 Å². The first-order valence-corrected chi connectivity index (χ1v) is 6.35. The summed E-state index contributed by atoms with van der Waals surface area (Å²) in [5, 5.41) is 13.6. The fourth-order valence-corrected chi connectivity index (χ4v) is 1.84. The lowest BCUT2D eigenvalue weighted by Gasteiger charge is -2.16. The van der Waals surface area contributed by atoms with E-state index in [1.54, 1.807) is 20.8 Å². The van der Waals surface area contributed by atoms with Crippen LogP contribution in [0.25, 0.3) is 0 Å². The van der Waals surface area contributed by atoms with Crippen LogP contribution < -0.4 is 10.6 Å². The molecule has 1 aliphatic heterocycles. The van der Waals surface area contributed by atoms with Gasteiger partial charge in [0.1, 0.15) is 11.6 Å². The zero-order chi connectivity index (χ0) is 15.5. The number of urea groups is 1. The molecule has 0 bridgehead atoms. The van der Waals surface area contributed by atoms with Crippen LogP contribution in [0.5, 0.6) is 0 Å². The molecule has 1 heterocycles. The lowest BCUT2D eigenvalue weighted by Crippen LogP contribution is -2.43. The lowest BCUT2D eigenvalue weighted by molar-refractivity contribution is -0.142. The van der Waals surface area contributed by atoms with Gasteiger partial charge in [0.15, 0.2) is 0 Å². The number of imide groups is 1. The third-order valence-electron chi connectivity index (χ3n) is 3.05. The van der Waals surface area contributed by atoms with E-state index in [4.69, 9.17) is 5.11 Å². The number of hydrogen-bond donors (Lipinski definition) is 3. The van der Waals surface area contributed by atoms with Crippen molar-refractivity contribution >= 4 is 23.8 Å². The van der Waals surface area contributed by atoms with E-state index in [0.717, 1.165) is 4.90 Å². The molecular formula is C12H19N3O5. The Balaban J connectivity index is 2.52. The van der Waals surface area contributed by atoms with Gasteiger partial charge in [0.2, 0.25) is 5.91 Å². The van der Waals surface area contributed by atoms with E-state index in [-0.39, 0.29) is 19.4 Å². The number of carbonyl (C=O) groups is 4. The summed E-state index contributed by atoms with van der Waals surface area (Å²) in [6.07, 6.45) is 0.135. The first-order chi connectivity index (χ1) is 9.19. The topological polar surface area (TPSA) is 116 Å². The molecule has 0 aliphatic carbocycles. The standard InChI is InChI=1S/C12H19N3O5/c1-4-7(9(17)18)13-8(16)5-6-15-10(19)12(2,3)14-11(15)20/h7H,4-6H2,1-3H3,(H,13,16)(H,14,20)(H,17,18)/t7-/m1/s1. The highest BCUT2D eigenvalue weighted by Crippen LogP contribution is 2.16. The van der Waals surface area contributed by atoms with Gasteiger partial charge in [-0.2, -0.15) is 0 Å². The Bertz CT molecular complexity index is 446. The maximum Gasteiger partial charge on any atom is 0.326 e. The predicted octanol–water partition coefficient (Wildman–Crippen LogP) is -0.314. The van der Waals surface area contributed by atoms with E-state index in [0.29, 0.717) is 0 Å². The minimum atomic E-state index is -1.11. The molecule has 20 heavy (non-hydrogen) atoms. The summed E-state index contributed by atoms with van der Waals surface area (Å²) in [5.41, 5.74) is -0.972. The van der Waals surface area contributed by atoms with E-state index >= 15 is 0 Å². The van der Waals surface area contributed by atoms with E-state index < -0.39 is 35.4 Å². The van der Waals surface area contributed by atoms with Gasteiger partial charge in [0.25, 0.3) is 5.91 Å². The van der Waals surface area contributed by atoms with Gasteiger partial charge in [-0.15, -0.1) is 0 Å². The van der Waals surface area contributed by atoms with Gasteiger partial charge in [0.05, 0.1) is 0 Å². The molecule has 0 aromatic carbocycles. The van der Waals surface area contributed by atoms with E-state index in [1.165, 1.54) is 0 Å². The Labute approximate surface area is 116 Å². The summed E-state index contributed by atoms with van der Waals surface area (Å²) < 4.78 is 0. The summed E-state index contributed by atoms with van der Waals surface area (Å²) in [6.45, 7) is 4.71. The number of carboxylic acid groups (broad SMARTS) is 1. The van der Waals surface area contributed by atoms with Gasteiger partial charge in [-0.1, -0.05) is 6.92 Å². The molecule has 8 nitrogen and oxygen atoms in total. The van der Waals surface area contributed by atoms with Gasteiger partial charge in [-0.25, -0.2) is 9.59 Å². The Morgan fingerprint density at radius 1 is 1.40 bits per heavy atom. The van der Waals surface area contributed by atoms with Gasteiger partial charge in [-0.05, 0) is 20.3 Å². The number of aliphatic carboxylic acids is 1. The number of carboxylic acids is 1. The fourth-order valence-electron chi connectivity index (χ4n) is 1.84. The third-order valence-corrected chi connectivity index (χ3v) is 3.05. The van der Waals surface area contributed by atoms with Gasteiger partial charge >= 0.3 is 12.0 Å². The Hall–Kier alpha value is -2.12. The van der Waals surface area contributed by atoms with Gasteiger partial charge in [0, 0.05) is 13.0 Å². The summed E-state index contributed by atoms with van der Waals surface area (Å²) in [4.78, 5) is 46.8. The van der Waals surface area contributed by atoms with Crippen molar-refractivity contribution in [3.8, 4) is 0 Å². The van der Waals surface area contributed by atoms with Crippen LogP contribution in [-0.2, 0) is 14.4 Å². The summed E-state index contributed by atoms with van der Waals surface area (Å²) >= 11 is 0. The Morgan fingerprint density at radius 2 is 2.00 bits per heavy atom. The average Bonchev–Trinajstić information content (AvgIpc) is 2.53. The van der Waals surface area contributed by atoms with Crippen molar-refractivity contribution in [2.45, 2.75) is 45.2 Å². The second-order valence-electron chi connectivity index (χ2n) is 5.13. The smallest absolute Gasteiger partial charge is 0.326 e. The number of amides is 4. The number of nitrogens with one attached hydrogen (secondary N) is 2. The molecule has 8 heteroatoms. The van der Waals surface area contributed by atoms with Crippen LogP contribution in [0, 0.1) is 0 Å². The molecule has 0 saturated carbocycles. The summed E-state index contributed by atoms with van der Waals surface area (Å²) in [6, 6.07) is -1.50. The molecule has 112 valence electrons. The molecule has 0 aromatic heterocycles. The molecular weight excluding hydrogens is 266 g/mol. The lowest BCUT2D eigenvalue weighted by atomic mass is 10.1. The Kier molecular flexibility index (Phi) is 4.69. The van der Waals surface area contributed by atoms with Crippen molar-refractivity contribution in [1.82, 2.24) is 15.5 Å². The molecule has 0 radical (unpaired) electrons. The van der Waals surface area contributed by atoms with Crippen LogP contribution in [0.15, 0.2) is 0 Å². The normalized spacial score (nSPS) is 18.6. The maximum absolute atomic E-state index is 11.9. The minimum absolute atomic E-state index is 0.0734. The van der Waals surface area contributed by atoms with Crippen molar-refractivity contribution < 1.29 is 24.3 Å². The maximum atomic E-state index is 11.9. The molecule has 1 aliphatic rings. The molecule has 3 N–H and O–H groups in total. The zero-order valence-corrected chi connectivity index (χ0v) is 11.7. The number of nitrogens with zero attached hydrogens (tertiary/aromatic N) is 1. The number of rotatable bonds is 6. The minimum Gasteiger partial charge on any atom is -0.480 e. The molecule has 1 rings (SSSR count). The van der Waals surface area contributed by atoms with Crippen molar-refractivity contribution in [2.24, 2.45) is 0 Å². The van der Waals surface area contributed by atoms with Crippen LogP contribution in [0.3, 0.4) is 0 Å². The first-order valence-electron chi connectivity index (χ1n) is 6.35. The molecule has 0 unspecified atom stereocenters. The second kappa shape index (κ2) is 5.89. The summed E-state index contributed by atoms with van der Waals surface area (Å²) in [5.74, 6) is -2.03.